The lowest BCUT2D eigenvalue weighted by atomic mass is 10.0. The van der Waals surface area contributed by atoms with Crippen LogP contribution >= 0.6 is 0 Å². The van der Waals surface area contributed by atoms with E-state index in [0.717, 1.165) is 5.56 Å². The Morgan fingerprint density at radius 3 is 2.55 bits per heavy atom. The van der Waals surface area contributed by atoms with Gasteiger partial charge in [0.2, 0.25) is 5.91 Å². The third-order valence-electron chi connectivity index (χ3n) is 3.51. The highest BCUT2D eigenvalue weighted by atomic mass is 16.5. The molecule has 0 bridgehead atoms. The molecule has 0 aromatic heterocycles. The van der Waals surface area contributed by atoms with Crippen LogP contribution in [0.3, 0.4) is 0 Å². The smallest absolute Gasteiger partial charge is 0.246 e. The van der Waals surface area contributed by atoms with Gasteiger partial charge in [0.15, 0.2) is 17.6 Å². The van der Waals surface area contributed by atoms with E-state index < -0.39 is 6.10 Å². The molecular formula is C17H17NO4. The maximum atomic E-state index is 11.3. The second kappa shape index (κ2) is 6.49. The number of morpholine rings is 1. The minimum atomic E-state index is -0.421. The molecule has 1 fully saturated rings. The zero-order valence-electron chi connectivity index (χ0n) is 11.9. The van der Waals surface area contributed by atoms with Gasteiger partial charge >= 0.3 is 0 Å². The van der Waals surface area contributed by atoms with Crippen LogP contribution in [-0.2, 0) is 9.53 Å². The Morgan fingerprint density at radius 1 is 1.14 bits per heavy atom. The molecular weight excluding hydrogens is 282 g/mol. The fourth-order valence-electron chi connectivity index (χ4n) is 2.40. The Hall–Kier alpha value is -2.53. The number of para-hydroxylation sites is 2. The van der Waals surface area contributed by atoms with Gasteiger partial charge in [-0.2, -0.15) is 0 Å². The predicted octanol–water partition coefficient (Wildman–Crippen LogP) is 2.03. The molecule has 0 unspecified atom stereocenters. The van der Waals surface area contributed by atoms with E-state index in [-0.39, 0.29) is 24.4 Å². The maximum Gasteiger partial charge on any atom is 0.246 e. The summed E-state index contributed by atoms with van der Waals surface area (Å²) in [7, 11) is 0. The van der Waals surface area contributed by atoms with Gasteiger partial charge in [-0.15, -0.1) is 0 Å². The number of hydrogen-bond donors (Lipinski definition) is 2. The van der Waals surface area contributed by atoms with Crippen molar-refractivity contribution in [3.63, 3.8) is 0 Å². The summed E-state index contributed by atoms with van der Waals surface area (Å²) in [5, 5.41) is 12.7. The largest absolute Gasteiger partial charge is 0.504 e. The summed E-state index contributed by atoms with van der Waals surface area (Å²) in [6.45, 7) is 0.379. The number of benzene rings is 2. The summed E-state index contributed by atoms with van der Waals surface area (Å²) < 4.78 is 11.6. The molecule has 1 aliphatic heterocycles. The van der Waals surface area contributed by atoms with E-state index in [0.29, 0.717) is 12.3 Å². The highest BCUT2D eigenvalue weighted by Gasteiger charge is 2.30. The number of carbonyl (C=O) groups excluding carboxylic acids is 1. The number of aromatic hydroxyl groups is 1. The van der Waals surface area contributed by atoms with E-state index in [9.17, 15) is 9.90 Å². The molecule has 3 rings (SSSR count). The molecule has 2 aromatic rings. The lowest BCUT2D eigenvalue weighted by molar-refractivity contribution is -0.137. The molecule has 1 aliphatic rings. The van der Waals surface area contributed by atoms with E-state index >= 15 is 0 Å². The maximum absolute atomic E-state index is 11.3. The Morgan fingerprint density at radius 2 is 1.86 bits per heavy atom. The number of carbonyl (C=O) groups is 1. The number of phenols is 1. The second-order valence-corrected chi connectivity index (χ2v) is 5.07. The Balaban J connectivity index is 1.86. The molecule has 2 N–H and O–H groups in total. The van der Waals surface area contributed by atoms with Crippen LogP contribution in [-0.4, -0.2) is 30.3 Å². The Labute approximate surface area is 128 Å². The molecule has 114 valence electrons. The zero-order valence-corrected chi connectivity index (χ0v) is 11.9. The molecule has 0 saturated carbocycles. The molecule has 5 nitrogen and oxygen atoms in total. The van der Waals surface area contributed by atoms with E-state index in [1.54, 1.807) is 24.3 Å². The van der Waals surface area contributed by atoms with Gasteiger partial charge in [0.1, 0.15) is 12.7 Å². The quantitative estimate of drug-likeness (QED) is 0.906. The molecule has 0 radical (unpaired) electrons. The molecule has 1 heterocycles. The summed E-state index contributed by atoms with van der Waals surface area (Å²) in [5.74, 6) is 0.325. The van der Waals surface area contributed by atoms with E-state index in [2.05, 4.69) is 5.32 Å². The van der Waals surface area contributed by atoms with Gasteiger partial charge in [0, 0.05) is 6.54 Å². The number of hydrogen-bond acceptors (Lipinski definition) is 4. The summed E-state index contributed by atoms with van der Waals surface area (Å²) in [6.07, 6.45) is -0.741. The molecule has 22 heavy (non-hydrogen) atoms. The average Bonchev–Trinajstić information content (AvgIpc) is 2.56. The van der Waals surface area contributed by atoms with E-state index in [1.807, 2.05) is 30.3 Å². The second-order valence-electron chi connectivity index (χ2n) is 5.07. The van der Waals surface area contributed by atoms with Gasteiger partial charge < -0.3 is 19.9 Å². The van der Waals surface area contributed by atoms with Crippen molar-refractivity contribution >= 4 is 5.91 Å². The summed E-state index contributed by atoms with van der Waals surface area (Å²) >= 11 is 0. The highest BCUT2D eigenvalue weighted by Crippen LogP contribution is 2.32. The zero-order chi connectivity index (χ0) is 15.4. The van der Waals surface area contributed by atoms with Crippen LogP contribution in [0.1, 0.15) is 11.7 Å². The highest BCUT2D eigenvalue weighted by molar-refractivity contribution is 5.77. The molecule has 1 saturated heterocycles. The van der Waals surface area contributed by atoms with Crippen molar-refractivity contribution in [2.75, 3.05) is 13.2 Å². The van der Waals surface area contributed by atoms with Gasteiger partial charge in [-0.1, -0.05) is 42.5 Å². The molecule has 5 heteroatoms. The fourth-order valence-corrected chi connectivity index (χ4v) is 2.40. The van der Waals surface area contributed by atoms with Crippen molar-refractivity contribution in [3.8, 4) is 11.5 Å². The standard InChI is InChI=1S/C17H17NO4/c19-13-8-4-5-9-14(13)22-17(12-6-2-1-3-7-12)15-10-18-16(20)11-21-15/h1-9,15,17,19H,10-11H2,(H,18,20)/t15-,17-/m0/s1. The van der Waals surface area contributed by atoms with Crippen LogP contribution in [0.5, 0.6) is 11.5 Å². The van der Waals surface area contributed by atoms with E-state index in [4.69, 9.17) is 9.47 Å². The average molecular weight is 299 g/mol. The number of phenolic OH excluding ortho intramolecular Hbond substituents is 1. The first-order valence-electron chi connectivity index (χ1n) is 7.12. The molecule has 0 spiro atoms. The fraction of sp³-hybridized carbons (Fsp3) is 0.235. The van der Waals surface area contributed by atoms with Gasteiger partial charge in [0.05, 0.1) is 0 Å². The summed E-state index contributed by atoms with van der Waals surface area (Å²) in [6, 6.07) is 16.4. The normalized spacial score (nSPS) is 19.3. The van der Waals surface area contributed by atoms with Gasteiger partial charge in [-0.25, -0.2) is 0 Å². The number of amides is 1. The van der Waals surface area contributed by atoms with Crippen LogP contribution in [0.4, 0.5) is 0 Å². The monoisotopic (exact) mass is 299 g/mol. The van der Waals surface area contributed by atoms with Crippen LogP contribution in [0.2, 0.25) is 0 Å². The summed E-state index contributed by atoms with van der Waals surface area (Å²) in [5.41, 5.74) is 0.923. The van der Waals surface area contributed by atoms with Gasteiger partial charge in [0.25, 0.3) is 0 Å². The lowest BCUT2D eigenvalue weighted by Gasteiger charge is -2.31. The van der Waals surface area contributed by atoms with Crippen LogP contribution < -0.4 is 10.1 Å². The molecule has 2 aromatic carbocycles. The van der Waals surface area contributed by atoms with Crippen molar-refractivity contribution in [3.05, 3.63) is 60.2 Å². The molecule has 1 amide bonds. The van der Waals surface area contributed by atoms with Crippen molar-refractivity contribution in [2.24, 2.45) is 0 Å². The van der Waals surface area contributed by atoms with Crippen LogP contribution in [0, 0.1) is 0 Å². The van der Waals surface area contributed by atoms with Gasteiger partial charge in [-0.05, 0) is 17.7 Å². The minimum Gasteiger partial charge on any atom is -0.504 e. The predicted molar refractivity (Wildman–Crippen MR) is 80.7 cm³/mol. The van der Waals surface area contributed by atoms with Crippen molar-refractivity contribution < 1.29 is 19.4 Å². The molecule has 2 atom stereocenters. The van der Waals surface area contributed by atoms with Gasteiger partial charge in [-0.3, -0.25) is 4.79 Å². The minimum absolute atomic E-state index is 0.0120. The lowest BCUT2D eigenvalue weighted by Crippen LogP contribution is -2.46. The van der Waals surface area contributed by atoms with Crippen LogP contribution in [0.15, 0.2) is 54.6 Å². The van der Waals surface area contributed by atoms with Crippen LogP contribution in [0.25, 0.3) is 0 Å². The number of rotatable bonds is 4. The Bertz CT molecular complexity index is 634. The number of nitrogens with one attached hydrogen (secondary N) is 1. The van der Waals surface area contributed by atoms with Crippen molar-refractivity contribution in [1.29, 1.82) is 0 Å². The van der Waals surface area contributed by atoms with E-state index in [1.165, 1.54) is 0 Å². The first kappa shape index (κ1) is 14.4. The first-order chi connectivity index (χ1) is 10.7. The third-order valence-corrected chi connectivity index (χ3v) is 3.51. The Kier molecular flexibility index (Phi) is 4.25. The third kappa shape index (κ3) is 3.20. The SMILES string of the molecule is O=C1CO[C@H]([C@@H](Oc2ccccc2O)c2ccccc2)CN1. The first-order valence-corrected chi connectivity index (χ1v) is 7.12. The van der Waals surface area contributed by atoms with Crippen molar-refractivity contribution in [2.45, 2.75) is 12.2 Å². The van der Waals surface area contributed by atoms with Crippen molar-refractivity contribution in [1.82, 2.24) is 5.32 Å². The number of ether oxygens (including phenoxy) is 2. The molecule has 0 aliphatic carbocycles. The summed E-state index contributed by atoms with van der Waals surface area (Å²) in [4.78, 5) is 11.3. The topological polar surface area (TPSA) is 67.8 Å².